The van der Waals surface area contributed by atoms with Crippen molar-refractivity contribution in [3.05, 3.63) is 34.9 Å². The lowest BCUT2D eigenvalue weighted by Crippen LogP contribution is -2.04. The van der Waals surface area contributed by atoms with E-state index in [9.17, 15) is 13.6 Å². The van der Waals surface area contributed by atoms with Crippen molar-refractivity contribution in [1.82, 2.24) is 0 Å². The zero-order valence-electron chi connectivity index (χ0n) is 9.17. The Labute approximate surface area is 97.9 Å². The highest BCUT2D eigenvalue weighted by atomic mass is 19.2. The molecule has 0 saturated heterocycles. The van der Waals surface area contributed by atoms with E-state index in [1.807, 2.05) is 6.07 Å². The highest BCUT2D eigenvalue weighted by Crippen LogP contribution is 2.31. The summed E-state index contributed by atoms with van der Waals surface area (Å²) in [4.78, 5) is 11.5. The Kier molecular flexibility index (Phi) is 3.19. The average Bonchev–Trinajstić information content (AvgIpc) is 3.13. The van der Waals surface area contributed by atoms with Crippen LogP contribution in [-0.2, 0) is 11.2 Å². The monoisotopic (exact) mass is 235 g/mol. The van der Waals surface area contributed by atoms with Crippen molar-refractivity contribution in [2.24, 2.45) is 5.92 Å². The number of hydrogen-bond acceptors (Lipinski definition) is 2. The van der Waals surface area contributed by atoms with E-state index < -0.39 is 11.6 Å². The van der Waals surface area contributed by atoms with Crippen molar-refractivity contribution in [3.63, 3.8) is 0 Å². The molecule has 0 bridgehead atoms. The van der Waals surface area contributed by atoms with Gasteiger partial charge in [-0.2, -0.15) is 5.26 Å². The normalized spacial score (nSPS) is 14.4. The van der Waals surface area contributed by atoms with E-state index in [0.29, 0.717) is 18.4 Å². The lowest BCUT2D eigenvalue weighted by Gasteiger charge is -2.04. The van der Waals surface area contributed by atoms with Crippen LogP contribution in [0.2, 0.25) is 0 Å². The number of carbonyl (C=O) groups is 1. The molecule has 2 rings (SSSR count). The number of Topliss-reactive ketones (excluding diaryl/α,β-unsaturated/α-hetero) is 1. The van der Waals surface area contributed by atoms with Crippen LogP contribution in [0.25, 0.3) is 0 Å². The number of rotatable bonds is 4. The van der Waals surface area contributed by atoms with Crippen molar-refractivity contribution >= 4 is 5.78 Å². The molecular formula is C13H11F2NO. The molecule has 0 aliphatic heterocycles. The highest BCUT2D eigenvalue weighted by Gasteiger charge is 2.28. The SMILES string of the molecule is N#Cc1cc(F)c(F)cc1CCC(=O)C1CC1. The first-order valence-corrected chi connectivity index (χ1v) is 5.52. The third-order valence-corrected chi connectivity index (χ3v) is 2.94. The first-order chi connectivity index (χ1) is 8.11. The van der Waals surface area contributed by atoms with Gasteiger partial charge < -0.3 is 0 Å². The summed E-state index contributed by atoms with van der Waals surface area (Å²) in [5.41, 5.74) is 0.507. The molecule has 1 aliphatic carbocycles. The third kappa shape index (κ3) is 2.68. The number of nitriles is 1. The van der Waals surface area contributed by atoms with E-state index in [4.69, 9.17) is 5.26 Å². The van der Waals surface area contributed by atoms with E-state index >= 15 is 0 Å². The number of hydrogen-bond donors (Lipinski definition) is 0. The second-order valence-corrected chi connectivity index (χ2v) is 4.28. The standard InChI is InChI=1S/C13H11F2NO/c14-11-5-9(10(7-16)6-12(11)15)3-4-13(17)8-1-2-8/h5-6,8H,1-4H2. The molecule has 1 aromatic carbocycles. The van der Waals surface area contributed by atoms with E-state index in [2.05, 4.69) is 0 Å². The first kappa shape index (κ1) is 11.7. The topological polar surface area (TPSA) is 40.9 Å². The van der Waals surface area contributed by atoms with Crippen molar-refractivity contribution in [1.29, 1.82) is 5.26 Å². The summed E-state index contributed by atoms with van der Waals surface area (Å²) in [6.45, 7) is 0. The van der Waals surface area contributed by atoms with Crippen LogP contribution in [0.4, 0.5) is 8.78 Å². The summed E-state index contributed by atoms with van der Waals surface area (Å²) < 4.78 is 25.9. The van der Waals surface area contributed by atoms with Crippen molar-refractivity contribution in [3.8, 4) is 6.07 Å². The van der Waals surface area contributed by atoms with Crippen LogP contribution in [0.5, 0.6) is 0 Å². The van der Waals surface area contributed by atoms with Gasteiger partial charge in [-0.1, -0.05) is 0 Å². The van der Waals surface area contributed by atoms with Gasteiger partial charge in [0.25, 0.3) is 0 Å². The molecule has 0 radical (unpaired) electrons. The zero-order valence-corrected chi connectivity index (χ0v) is 9.17. The van der Waals surface area contributed by atoms with Gasteiger partial charge in [-0.25, -0.2) is 8.78 Å². The quantitative estimate of drug-likeness (QED) is 0.805. The van der Waals surface area contributed by atoms with Crippen LogP contribution >= 0.6 is 0 Å². The second-order valence-electron chi connectivity index (χ2n) is 4.28. The van der Waals surface area contributed by atoms with Crippen LogP contribution in [0.3, 0.4) is 0 Å². The average molecular weight is 235 g/mol. The first-order valence-electron chi connectivity index (χ1n) is 5.52. The van der Waals surface area contributed by atoms with Gasteiger partial charge in [0.1, 0.15) is 5.78 Å². The summed E-state index contributed by atoms with van der Waals surface area (Å²) in [6.07, 6.45) is 2.46. The molecule has 1 aromatic rings. The molecule has 88 valence electrons. The molecule has 0 amide bonds. The minimum absolute atomic E-state index is 0.104. The van der Waals surface area contributed by atoms with Gasteiger partial charge in [-0.15, -0.1) is 0 Å². The van der Waals surface area contributed by atoms with Crippen molar-refractivity contribution in [2.75, 3.05) is 0 Å². The predicted molar refractivity (Wildman–Crippen MR) is 57.1 cm³/mol. The molecule has 17 heavy (non-hydrogen) atoms. The van der Waals surface area contributed by atoms with Gasteiger partial charge >= 0.3 is 0 Å². The van der Waals surface area contributed by atoms with Crippen LogP contribution in [-0.4, -0.2) is 5.78 Å². The number of carbonyl (C=O) groups excluding carboxylic acids is 1. The van der Waals surface area contributed by atoms with Gasteiger partial charge in [-0.3, -0.25) is 4.79 Å². The number of ketones is 1. The lowest BCUT2D eigenvalue weighted by molar-refractivity contribution is -0.120. The number of nitrogens with zero attached hydrogens (tertiary/aromatic N) is 1. The summed E-state index contributed by atoms with van der Waals surface area (Å²) in [5, 5.41) is 8.80. The van der Waals surface area contributed by atoms with Gasteiger partial charge in [0.05, 0.1) is 11.6 Å². The summed E-state index contributed by atoms with van der Waals surface area (Å²) in [7, 11) is 0. The molecule has 0 spiro atoms. The predicted octanol–water partition coefficient (Wildman–Crippen LogP) is 2.75. The Balaban J connectivity index is 2.11. The maximum atomic E-state index is 13.0. The molecule has 1 aliphatic rings. The molecule has 0 heterocycles. The van der Waals surface area contributed by atoms with E-state index in [0.717, 1.165) is 25.0 Å². The Morgan fingerprint density at radius 1 is 1.35 bits per heavy atom. The Bertz CT molecular complexity index is 501. The van der Waals surface area contributed by atoms with Crippen molar-refractivity contribution < 1.29 is 13.6 Å². The number of halogens is 2. The molecule has 4 heteroatoms. The molecule has 1 fully saturated rings. The fraction of sp³-hybridized carbons (Fsp3) is 0.385. The second kappa shape index (κ2) is 4.62. The lowest BCUT2D eigenvalue weighted by atomic mass is 10.0. The smallest absolute Gasteiger partial charge is 0.160 e. The van der Waals surface area contributed by atoms with Gasteiger partial charge in [-0.05, 0) is 37.0 Å². The summed E-state index contributed by atoms with van der Waals surface area (Å²) >= 11 is 0. The minimum atomic E-state index is -1.03. The molecule has 0 atom stereocenters. The fourth-order valence-corrected chi connectivity index (χ4v) is 1.77. The highest BCUT2D eigenvalue weighted by molar-refractivity contribution is 5.83. The third-order valence-electron chi connectivity index (χ3n) is 2.94. The molecule has 0 N–H and O–H groups in total. The van der Waals surface area contributed by atoms with Gasteiger partial charge in [0.15, 0.2) is 11.6 Å². The largest absolute Gasteiger partial charge is 0.299 e. The molecule has 0 aromatic heterocycles. The van der Waals surface area contributed by atoms with E-state index in [-0.39, 0.29) is 17.3 Å². The maximum Gasteiger partial charge on any atom is 0.160 e. The van der Waals surface area contributed by atoms with Crippen LogP contribution < -0.4 is 0 Å². The molecular weight excluding hydrogens is 224 g/mol. The molecule has 2 nitrogen and oxygen atoms in total. The Hall–Kier alpha value is -1.76. The molecule has 0 unspecified atom stereocenters. The Morgan fingerprint density at radius 3 is 2.59 bits per heavy atom. The zero-order chi connectivity index (χ0) is 12.4. The summed E-state index contributed by atoms with van der Waals surface area (Å²) in [5.74, 6) is -1.69. The van der Waals surface area contributed by atoms with E-state index in [1.54, 1.807) is 0 Å². The van der Waals surface area contributed by atoms with E-state index in [1.165, 1.54) is 0 Å². The maximum absolute atomic E-state index is 13.0. The Morgan fingerprint density at radius 2 is 2.00 bits per heavy atom. The fourth-order valence-electron chi connectivity index (χ4n) is 1.77. The number of aryl methyl sites for hydroxylation is 1. The van der Waals surface area contributed by atoms with Crippen molar-refractivity contribution in [2.45, 2.75) is 25.7 Å². The van der Waals surface area contributed by atoms with Gasteiger partial charge in [0.2, 0.25) is 0 Å². The van der Waals surface area contributed by atoms with Crippen LogP contribution in [0, 0.1) is 28.9 Å². The van der Waals surface area contributed by atoms with Gasteiger partial charge in [0, 0.05) is 12.3 Å². The minimum Gasteiger partial charge on any atom is -0.299 e. The molecule has 1 saturated carbocycles. The van der Waals surface area contributed by atoms with Crippen LogP contribution in [0.1, 0.15) is 30.4 Å². The number of benzene rings is 1. The summed E-state index contributed by atoms with van der Waals surface area (Å²) in [6, 6.07) is 3.70. The van der Waals surface area contributed by atoms with Crippen LogP contribution in [0.15, 0.2) is 12.1 Å².